The molecule has 1 fully saturated rings. The van der Waals surface area contributed by atoms with Crippen molar-refractivity contribution in [2.24, 2.45) is 5.41 Å². The summed E-state index contributed by atoms with van der Waals surface area (Å²) in [6, 6.07) is 9.77. The fraction of sp³-hybridized carbons (Fsp3) is 0.375. The van der Waals surface area contributed by atoms with Gasteiger partial charge in [-0.15, -0.1) is 10.2 Å². The van der Waals surface area contributed by atoms with E-state index in [1.165, 1.54) is 0 Å². The van der Waals surface area contributed by atoms with Crippen LogP contribution >= 0.6 is 0 Å². The molecular weight excluding hydrogens is 296 g/mol. The second-order valence-corrected chi connectivity index (χ2v) is 6.07. The minimum Gasteiger partial charge on any atom is -0.480 e. The van der Waals surface area contributed by atoms with Gasteiger partial charge in [-0.1, -0.05) is 30.3 Å². The standard InChI is InChI=1S/C16H16N4O3/c21-14(16(6-7-16)15(22)23)19-8-9-20-12(10-19)17-18-13(20)11-4-2-1-3-5-11/h1-5H,6-10H2,(H,22,23). The molecule has 0 saturated heterocycles. The number of nitrogens with zero attached hydrogens (tertiary/aromatic N) is 4. The molecule has 1 aromatic carbocycles. The summed E-state index contributed by atoms with van der Waals surface area (Å²) < 4.78 is 2.00. The molecule has 7 heteroatoms. The minimum atomic E-state index is -1.19. The second kappa shape index (κ2) is 4.91. The summed E-state index contributed by atoms with van der Waals surface area (Å²) in [5.41, 5.74) is -0.208. The van der Waals surface area contributed by atoms with Crippen molar-refractivity contribution in [3.05, 3.63) is 36.2 Å². The molecule has 0 spiro atoms. The zero-order valence-corrected chi connectivity index (χ0v) is 12.5. The largest absolute Gasteiger partial charge is 0.480 e. The summed E-state index contributed by atoms with van der Waals surface area (Å²) >= 11 is 0. The van der Waals surface area contributed by atoms with E-state index in [2.05, 4.69) is 10.2 Å². The summed E-state index contributed by atoms with van der Waals surface area (Å²) in [5, 5.41) is 17.7. The van der Waals surface area contributed by atoms with Gasteiger partial charge in [0.25, 0.3) is 0 Å². The van der Waals surface area contributed by atoms with Crippen LogP contribution in [0.5, 0.6) is 0 Å². The Balaban J connectivity index is 1.59. The van der Waals surface area contributed by atoms with Gasteiger partial charge in [-0.05, 0) is 12.8 Å². The van der Waals surface area contributed by atoms with Gasteiger partial charge >= 0.3 is 5.97 Å². The normalized spacial score (nSPS) is 18.3. The Bertz CT molecular complexity index is 780. The maximum absolute atomic E-state index is 12.5. The van der Waals surface area contributed by atoms with Crippen LogP contribution in [0.2, 0.25) is 0 Å². The molecule has 23 heavy (non-hydrogen) atoms. The van der Waals surface area contributed by atoms with Crippen molar-refractivity contribution in [3.63, 3.8) is 0 Å². The van der Waals surface area contributed by atoms with Gasteiger partial charge in [0, 0.05) is 18.7 Å². The van der Waals surface area contributed by atoms with Gasteiger partial charge < -0.3 is 14.6 Å². The first-order valence-corrected chi connectivity index (χ1v) is 7.62. The van der Waals surface area contributed by atoms with Crippen molar-refractivity contribution in [1.82, 2.24) is 19.7 Å². The zero-order valence-electron chi connectivity index (χ0n) is 12.5. The summed E-state index contributed by atoms with van der Waals surface area (Å²) in [7, 11) is 0. The monoisotopic (exact) mass is 312 g/mol. The summed E-state index contributed by atoms with van der Waals surface area (Å²) in [6.07, 6.45) is 0.860. The number of benzene rings is 1. The van der Waals surface area contributed by atoms with Crippen molar-refractivity contribution in [2.45, 2.75) is 25.9 Å². The number of carboxylic acid groups (broad SMARTS) is 1. The van der Waals surface area contributed by atoms with Crippen LogP contribution in [-0.4, -0.2) is 43.2 Å². The third-order valence-corrected chi connectivity index (χ3v) is 4.64. The van der Waals surface area contributed by atoms with E-state index in [0.29, 0.717) is 38.3 Å². The Morgan fingerprint density at radius 3 is 2.48 bits per heavy atom. The van der Waals surface area contributed by atoms with E-state index in [1.54, 1.807) is 4.90 Å². The number of aliphatic carboxylic acids is 1. The van der Waals surface area contributed by atoms with Crippen LogP contribution in [0.4, 0.5) is 0 Å². The third-order valence-electron chi connectivity index (χ3n) is 4.64. The van der Waals surface area contributed by atoms with Crippen molar-refractivity contribution in [3.8, 4) is 11.4 Å². The molecule has 1 aromatic heterocycles. The fourth-order valence-electron chi connectivity index (χ4n) is 3.08. The van der Waals surface area contributed by atoms with Crippen LogP contribution in [0, 0.1) is 5.41 Å². The van der Waals surface area contributed by atoms with Crippen LogP contribution in [0.1, 0.15) is 18.7 Å². The van der Waals surface area contributed by atoms with Crippen molar-refractivity contribution < 1.29 is 14.7 Å². The second-order valence-electron chi connectivity index (χ2n) is 6.07. The maximum atomic E-state index is 12.5. The molecule has 0 unspecified atom stereocenters. The molecule has 1 aliphatic heterocycles. The Hall–Kier alpha value is -2.70. The van der Waals surface area contributed by atoms with Crippen LogP contribution in [-0.2, 0) is 22.7 Å². The molecule has 4 rings (SSSR count). The first-order valence-electron chi connectivity index (χ1n) is 7.62. The summed E-state index contributed by atoms with van der Waals surface area (Å²) in [6.45, 7) is 1.38. The predicted molar refractivity (Wildman–Crippen MR) is 80.2 cm³/mol. The smallest absolute Gasteiger partial charge is 0.319 e. The molecule has 1 aliphatic carbocycles. The van der Waals surface area contributed by atoms with Crippen molar-refractivity contribution in [1.29, 1.82) is 0 Å². The molecule has 2 aromatic rings. The van der Waals surface area contributed by atoms with Crippen molar-refractivity contribution >= 4 is 11.9 Å². The number of amides is 1. The highest BCUT2D eigenvalue weighted by atomic mass is 16.4. The molecule has 0 bridgehead atoms. The molecule has 118 valence electrons. The van der Waals surface area contributed by atoms with E-state index in [9.17, 15) is 14.7 Å². The fourth-order valence-corrected chi connectivity index (χ4v) is 3.08. The number of carboxylic acids is 1. The van der Waals surface area contributed by atoms with Gasteiger partial charge in [0.15, 0.2) is 11.6 Å². The van der Waals surface area contributed by atoms with Gasteiger partial charge in [-0.3, -0.25) is 9.59 Å². The molecule has 1 amide bonds. The van der Waals surface area contributed by atoms with E-state index >= 15 is 0 Å². The highest BCUT2D eigenvalue weighted by Crippen LogP contribution is 2.47. The highest BCUT2D eigenvalue weighted by molar-refractivity contribution is 6.04. The first-order chi connectivity index (χ1) is 11.1. The third kappa shape index (κ3) is 2.11. The molecule has 1 saturated carbocycles. The highest BCUT2D eigenvalue weighted by Gasteiger charge is 2.58. The molecule has 2 aliphatic rings. The van der Waals surface area contributed by atoms with Crippen molar-refractivity contribution in [2.75, 3.05) is 6.54 Å². The Morgan fingerprint density at radius 2 is 1.83 bits per heavy atom. The van der Waals surface area contributed by atoms with E-state index in [1.807, 2.05) is 34.9 Å². The average Bonchev–Trinajstić information content (AvgIpc) is 3.29. The minimum absolute atomic E-state index is 0.291. The lowest BCUT2D eigenvalue weighted by molar-refractivity contribution is -0.154. The lowest BCUT2D eigenvalue weighted by atomic mass is 10.1. The number of carbonyl (C=O) groups excluding carboxylic acids is 1. The zero-order chi connectivity index (χ0) is 16.0. The molecule has 2 heterocycles. The quantitative estimate of drug-likeness (QED) is 0.859. The Kier molecular flexibility index (Phi) is 2.97. The first kappa shape index (κ1) is 13.9. The summed E-state index contributed by atoms with van der Waals surface area (Å²) in [5.74, 6) is 0.178. The molecule has 1 N–H and O–H groups in total. The van der Waals surface area contributed by atoms with E-state index in [-0.39, 0.29) is 5.91 Å². The van der Waals surface area contributed by atoms with Crippen LogP contribution in [0.3, 0.4) is 0 Å². The van der Waals surface area contributed by atoms with Crippen LogP contribution in [0.15, 0.2) is 30.3 Å². The topological polar surface area (TPSA) is 88.3 Å². The lowest BCUT2D eigenvalue weighted by Crippen LogP contribution is -2.44. The van der Waals surface area contributed by atoms with E-state index < -0.39 is 11.4 Å². The van der Waals surface area contributed by atoms with Gasteiger partial charge in [0.2, 0.25) is 5.91 Å². The predicted octanol–water partition coefficient (Wildman–Crippen LogP) is 1.15. The Morgan fingerprint density at radius 1 is 1.09 bits per heavy atom. The van der Waals surface area contributed by atoms with Gasteiger partial charge in [-0.2, -0.15) is 0 Å². The number of aromatic nitrogens is 3. The Labute approximate surface area is 132 Å². The number of carbonyl (C=O) groups is 2. The van der Waals surface area contributed by atoms with E-state index in [4.69, 9.17) is 0 Å². The SMILES string of the molecule is O=C(O)C1(C(=O)N2CCn3c(nnc3-c3ccccc3)C2)CC1. The molecule has 0 atom stereocenters. The molecule has 7 nitrogen and oxygen atoms in total. The number of rotatable bonds is 3. The number of fused-ring (bicyclic) bond motifs is 1. The van der Waals surface area contributed by atoms with Crippen LogP contribution < -0.4 is 0 Å². The maximum Gasteiger partial charge on any atom is 0.319 e. The van der Waals surface area contributed by atoms with Gasteiger partial charge in [0.1, 0.15) is 5.41 Å². The molecular formula is C16H16N4O3. The van der Waals surface area contributed by atoms with Gasteiger partial charge in [-0.25, -0.2) is 0 Å². The van der Waals surface area contributed by atoms with E-state index in [0.717, 1.165) is 11.4 Å². The van der Waals surface area contributed by atoms with Gasteiger partial charge in [0.05, 0.1) is 6.54 Å². The summed E-state index contributed by atoms with van der Waals surface area (Å²) in [4.78, 5) is 25.4. The number of hydrogen-bond acceptors (Lipinski definition) is 4. The molecule has 0 radical (unpaired) electrons. The number of hydrogen-bond donors (Lipinski definition) is 1. The van der Waals surface area contributed by atoms with Crippen LogP contribution in [0.25, 0.3) is 11.4 Å². The lowest BCUT2D eigenvalue weighted by Gasteiger charge is -2.29. The average molecular weight is 312 g/mol.